The highest BCUT2D eigenvalue weighted by atomic mass is 16.2. The topological polar surface area (TPSA) is 69.0 Å². The zero-order chi connectivity index (χ0) is 17.8. The van der Waals surface area contributed by atoms with Crippen LogP contribution in [0.2, 0.25) is 0 Å². The minimum atomic E-state index is 0.162. The molecule has 0 bridgehead atoms. The first-order valence-electron chi connectivity index (χ1n) is 8.90. The third kappa shape index (κ3) is 3.64. The van der Waals surface area contributed by atoms with Gasteiger partial charge in [0.1, 0.15) is 6.07 Å². The molecule has 0 radical (unpaired) electrons. The number of pyridine rings is 1. The molecule has 5 nitrogen and oxygen atoms in total. The number of rotatable bonds is 4. The average Bonchev–Trinajstić information content (AvgIpc) is 2.64. The number of benzene rings is 1. The van der Waals surface area contributed by atoms with Crippen molar-refractivity contribution in [3.05, 3.63) is 41.6 Å². The van der Waals surface area contributed by atoms with E-state index in [-0.39, 0.29) is 11.8 Å². The molecule has 1 aromatic carbocycles. The number of likely N-dealkylation sites (N-methyl/N-ethyl adjacent to an activating group) is 1. The second kappa shape index (κ2) is 7.62. The van der Waals surface area contributed by atoms with Crippen molar-refractivity contribution in [3.8, 4) is 6.07 Å². The van der Waals surface area contributed by atoms with Gasteiger partial charge in [0.25, 0.3) is 0 Å². The second-order valence-corrected chi connectivity index (χ2v) is 6.83. The van der Waals surface area contributed by atoms with Gasteiger partial charge in [0.2, 0.25) is 5.91 Å². The van der Waals surface area contributed by atoms with Crippen molar-refractivity contribution >= 4 is 16.8 Å². The maximum absolute atomic E-state index is 12.5. The number of aromatic nitrogens is 1. The number of carbonyl (C=O) groups excluding carboxylic acids is 1. The maximum Gasteiger partial charge on any atom is 0.236 e. The predicted octanol–water partition coefficient (Wildman–Crippen LogP) is 2.67. The lowest BCUT2D eigenvalue weighted by atomic mass is 9.83. The van der Waals surface area contributed by atoms with Crippen molar-refractivity contribution in [1.82, 2.24) is 15.2 Å². The third-order valence-corrected chi connectivity index (χ3v) is 4.90. The molecule has 1 aliphatic rings. The Kier molecular flexibility index (Phi) is 5.30. The summed E-state index contributed by atoms with van der Waals surface area (Å²) < 4.78 is 0. The molecule has 25 heavy (non-hydrogen) atoms. The summed E-state index contributed by atoms with van der Waals surface area (Å²) in [6.07, 6.45) is 2.77. The molecule has 2 heterocycles. The fourth-order valence-corrected chi connectivity index (χ4v) is 3.77. The predicted molar refractivity (Wildman–Crippen MR) is 98.1 cm³/mol. The van der Waals surface area contributed by atoms with Crippen molar-refractivity contribution < 1.29 is 4.79 Å². The van der Waals surface area contributed by atoms with Gasteiger partial charge in [-0.2, -0.15) is 5.26 Å². The van der Waals surface area contributed by atoms with Crippen LogP contribution in [0, 0.1) is 17.2 Å². The van der Waals surface area contributed by atoms with Crippen molar-refractivity contribution in [2.24, 2.45) is 5.92 Å². The van der Waals surface area contributed by atoms with Gasteiger partial charge in [-0.3, -0.25) is 9.78 Å². The minimum Gasteiger partial charge on any atom is -0.341 e. The van der Waals surface area contributed by atoms with Crippen LogP contribution in [-0.2, 0) is 4.79 Å². The Bertz CT molecular complexity index is 811. The van der Waals surface area contributed by atoms with Gasteiger partial charge in [-0.1, -0.05) is 26.0 Å². The summed E-state index contributed by atoms with van der Waals surface area (Å²) in [7, 11) is 0. The van der Waals surface area contributed by atoms with Crippen LogP contribution < -0.4 is 5.32 Å². The van der Waals surface area contributed by atoms with Crippen molar-refractivity contribution in [1.29, 1.82) is 5.26 Å². The molecule has 0 aliphatic carbocycles. The van der Waals surface area contributed by atoms with Crippen LogP contribution >= 0.6 is 0 Å². The number of carbonyl (C=O) groups is 1. The van der Waals surface area contributed by atoms with E-state index < -0.39 is 0 Å². The summed E-state index contributed by atoms with van der Waals surface area (Å²) in [5.74, 6) is 0.884. The Balaban J connectivity index is 1.92. The first-order chi connectivity index (χ1) is 12.1. The molecule has 1 aromatic heterocycles. The lowest BCUT2D eigenvalue weighted by Gasteiger charge is -2.37. The van der Waals surface area contributed by atoms with E-state index in [0.717, 1.165) is 37.0 Å². The standard InChI is InChI=1S/C20H24N4O/c1-3-22-11-19(25)24-12-14(2)9-16(13-24)17-7-6-15(10-21)20-18(17)5-4-8-23-20/h4-8,14,16,22H,3,9,11-13H2,1-2H3. The number of hydrogen-bond acceptors (Lipinski definition) is 4. The highest BCUT2D eigenvalue weighted by Gasteiger charge is 2.29. The number of nitriles is 1. The molecule has 1 saturated heterocycles. The van der Waals surface area contributed by atoms with Gasteiger partial charge in [0.15, 0.2) is 0 Å². The van der Waals surface area contributed by atoms with Gasteiger partial charge < -0.3 is 10.2 Å². The van der Waals surface area contributed by atoms with Gasteiger partial charge in [0.05, 0.1) is 17.6 Å². The molecule has 0 saturated carbocycles. The fraction of sp³-hybridized carbons (Fsp3) is 0.450. The molecular formula is C20H24N4O. The highest BCUT2D eigenvalue weighted by molar-refractivity contribution is 5.87. The summed E-state index contributed by atoms with van der Waals surface area (Å²) in [6, 6.07) is 10.1. The maximum atomic E-state index is 12.5. The first-order valence-corrected chi connectivity index (χ1v) is 8.90. The Morgan fingerprint density at radius 1 is 1.40 bits per heavy atom. The minimum absolute atomic E-state index is 0.162. The van der Waals surface area contributed by atoms with Crippen molar-refractivity contribution in [2.75, 3.05) is 26.2 Å². The van der Waals surface area contributed by atoms with Gasteiger partial charge in [-0.25, -0.2) is 0 Å². The van der Waals surface area contributed by atoms with Crippen LogP contribution in [-0.4, -0.2) is 42.0 Å². The van der Waals surface area contributed by atoms with E-state index >= 15 is 0 Å². The van der Waals surface area contributed by atoms with Crippen LogP contribution in [0.5, 0.6) is 0 Å². The smallest absolute Gasteiger partial charge is 0.236 e. The van der Waals surface area contributed by atoms with Crippen molar-refractivity contribution in [2.45, 2.75) is 26.2 Å². The number of nitrogens with one attached hydrogen (secondary N) is 1. The Morgan fingerprint density at radius 3 is 3.00 bits per heavy atom. The van der Waals surface area contributed by atoms with Gasteiger partial charge >= 0.3 is 0 Å². The number of piperidine rings is 1. The van der Waals surface area contributed by atoms with E-state index in [4.69, 9.17) is 0 Å². The number of likely N-dealkylation sites (tertiary alicyclic amines) is 1. The number of amides is 1. The average molecular weight is 336 g/mol. The molecule has 1 N–H and O–H groups in total. The Morgan fingerprint density at radius 2 is 2.24 bits per heavy atom. The molecule has 5 heteroatoms. The van der Waals surface area contributed by atoms with Gasteiger partial charge in [0, 0.05) is 30.6 Å². The summed E-state index contributed by atoms with van der Waals surface area (Å²) in [5.41, 5.74) is 2.55. The summed E-state index contributed by atoms with van der Waals surface area (Å²) in [5, 5.41) is 13.5. The van der Waals surface area contributed by atoms with Crippen LogP contribution in [0.1, 0.15) is 37.3 Å². The second-order valence-electron chi connectivity index (χ2n) is 6.83. The number of nitrogens with zero attached hydrogens (tertiary/aromatic N) is 3. The summed E-state index contributed by atoms with van der Waals surface area (Å²) in [4.78, 5) is 18.8. The number of hydrogen-bond donors (Lipinski definition) is 1. The zero-order valence-corrected chi connectivity index (χ0v) is 14.8. The SMILES string of the molecule is CCNCC(=O)N1CC(C)CC(c2ccc(C#N)c3ncccc23)C1. The normalized spacial score (nSPS) is 20.4. The summed E-state index contributed by atoms with van der Waals surface area (Å²) in [6.45, 7) is 6.93. The molecule has 0 spiro atoms. The Labute approximate surface area is 148 Å². The molecule has 2 atom stereocenters. The number of fused-ring (bicyclic) bond motifs is 1. The van der Waals surface area contributed by atoms with Crippen molar-refractivity contribution in [3.63, 3.8) is 0 Å². The quantitative estimate of drug-likeness (QED) is 0.932. The van der Waals surface area contributed by atoms with E-state index in [1.54, 1.807) is 6.20 Å². The third-order valence-electron chi connectivity index (χ3n) is 4.90. The lowest BCUT2D eigenvalue weighted by Crippen LogP contribution is -2.46. The first kappa shape index (κ1) is 17.4. The van der Waals surface area contributed by atoms with E-state index in [0.29, 0.717) is 18.0 Å². The monoisotopic (exact) mass is 336 g/mol. The van der Waals surface area contributed by atoms with Gasteiger partial charge in [-0.05, 0) is 36.6 Å². The Hall–Kier alpha value is -2.45. The van der Waals surface area contributed by atoms with Crippen LogP contribution in [0.25, 0.3) is 10.9 Å². The molecule has 1 fully saturated rings. The lowest BCUT2D eigenvalue weighted by molar-refractivity contribution is -0.132. The van der Waals surface area contributed by atoms with E-state index in [9.17, 15) is 10.1 Å². The fourth-order valence-electron chi connectivity index (χ4n) is 3.77. The molecule has 1 aliphatic heterocycles. The van der Waals surface area contributed by atoms with E-state index in [2.05, 4.69) is 23.3 Å². The molecule has 1 amide bonds. The molecular weight excluding hydrogens is 312 g/mol. The van der Waals surface area contributed by atoms with Gasteiger partial charge in [-0.15, -0.1) is 0 Å². The summed E-state index contributed by atoms with van der Waals surface area (Å²) >= 11 is 0. The molecule has 130 valence electrons. The molecule has 3 rings (SSSR count). The van der Waals surface area contributed by atoms with Crippen LogP contribution in [0.15, 0.2) is 30.5 Å². The van der Waals surface area contributed by atoms with E-state index in [1.807, 2.05) is 36.1 Å². The highest BCUT2D eigenvalue weighted by Crippen LogP contribution is 2.34. The zero-order valence-electron chi connectivity index (χ0n) is 14.8. The van der Waals surface area contributed by atoms with E-state index in [1.165, 1.54) is 5.56 Å². The molecule has 2 aromatic rings. The largest absolute Gasteiger partial charge is 0.341 e. The molecule has 2 unspecified atom stereocenters. The van der Waals surface area contributed by atoms with Crippen LogP contribution in [0.4, 0.5) is 0 Å². The van der Waals surface area contributed by atoms with Crippen LogP contribution in [0.3, 0.4) is 0 Å².